The van der Waals surface area contributed by atoms with Crippen LogP contribution in [0, 0.1) is 0 Å². The van der Waals surface area contributed by atoms with E-state index in [1.807, 2.05) is 0 Å². The molecule has 0 bridgehead atoms. The average Bonchev–Trinajstić information content (AvgIpc) is 2.03. The number of rotatable bonds is 3. The van der Waals surface area contributed by atoms with E-state index in [1.54, 1.807) is 18.2 Å². The van der Waals surface area contributed by atoms with Gasteiger partial charge in [-0.15, -0.1) is 0 Å². The molecule has 12 heavy (non-hydrogen) atoms. The van der Waals surface area contributed by atoms with Crippen LogP contribution in [0.15, 0.2) is 18.2 Å². The first-order chi connectivity index (χ1) is 5.74. The van der Waals surface area contributed by atoms with E-state index in [9.17, 15) is 0 Å². The Morgan fingerprint density at radius 3 is 2.75 bits per heavy atom. The van der Waals surface area contributed by atoms with Gasteiger partial charge in [-0.1, -0.05) is 11.6 Å². The van der Waals surface area contributed by atoms with Gasteiger partial charge in [-0.25, -0.2) is 0 Å². The van der Waals surface area contributed by atoms with Crippen molar-refractivity contribution in [1.82, 2.24) is 0 Å². The minimum atomic E-state index is 0.464. The quantitative estimate of drug-likeness (QED) is 0.699. The van der Waals surface area contributed by atoms with E-state index in [4.69, 9.17) is 27.8 Å². The number of nitrogen functional groups attached to an aromatic ring is 1. The highest BCUT2D eigenvalue weighted by Crippen LogP contribution is 2.24. The van der Waals surface area contributed by atoms with Gasteiger partial charge in [-0.3, -0.25) is 0 Å². The third-order valence-electron chi connectivity index (χ3n) is 1.35. The van der Waals surface area contributed by atoms with Gasteiger partial charge in [0.05, 0.1) is 5.69 Å². The molecular formula is C8H11ClN2O. The molecule has 0 aromatic heterocycles. The van der Waals surface area contributed by atoms with Gasteiger partial charge in [0, 0.05) is 11.6 Å². The lowest BCUT2D eigenvalue weighted by Gasteiger charge is -2.06. The highest BCUT2D eigenvalue weighted by Gasteiger charge is 1.99. The molecule has 4 N–H and O–H groups in total. The molecule has 0 saturated heterocycles. The lowest BCUT2D eigenvalue weighted by atomic mass is 10.3. The molecule has 66 valence electrons. The van der Waals surface area contributed by atoms with Crippen LogP contribution in [0.2, 0.25) is 5.02 Å². The second-order valence-electron chi connectivity index (χ2n) is 2.32. The smallest absolute Gasteiger partial charge is 0.142 e. The van der Waals surface area contributed by atoms with Crippen LogP contribution in [-0.4, -0.2) is 13.2 Å². The van der Waals surface area contributed by atoms with Gasteiger partial charge in [0.25, 0.3) is 0 Å². The fourth-order valence-electron chi connectivity index (χ4n) is 0.820. The van der Waals surface area contributed by atoms with E-state index < -0.39 is 0 Å². The van der Waals surface area contributed by atoms with Crippen molar-refractivity contribution in [2.24, 2.45) is 5.73 Å². The largest absolute Gasteiger partial charge is 0.490 e. The molecule has 1 aromatic carbocycles. The summed E-state index contributed by atoms with van der Waals surface area (Å²) < 4.78 is 5.23. The number of nitrogens with two attached hydrogens (primary N) is 2. The van der Waals surface area contributed by atoms with E-state index in [-0.39, 0.29) is 0 Å². The van der Waals surface area contributed by atoms with Crippen molar-refractivity contribution in [3.8, 4) is 5.75 Å². The molecule has 0 aliphatic carbocycles. The second-order valence-corrected chi connectivity index (χ2v) is 2.76. The molecule has 1 aromatic rings. The Morgan fingerprint density at radius 2 is 2.17 bits per heavy atom. The van der Waals surface area contributed by atoms with Crippen LogP contribution in [0.5, 0.6) is 5.75 Å². The number of halogens is 1. The van der Waals surface area contributed by atoms with Crippen molar-refractivity contribution in [3.05, 3.63) is 23.2 Å². The number of hydrogen-bond donors (Lipinski definition) is 2. The Hall–Kier alpha value is -0.930. The molecule has 0 aliphatic heterocycles. The normalized spacial score (nSPS) is 9.83. The first-order valence-electron chi connectivity index (χ1n) is 3.62. The van der Waals surface area contributed by atoms with Crippen molar-refractivity contribution in [1.29, 1.82) is 0 Å². The monoisotopic (exact) mass is 186 g/mol. The van der Waals surface area contributed by atoms with Crippen molar-refractivity contribution in [2.45, 2.75) is 0 Å². The predicted octanol–water partition coefficient (Wildman–Crippen LogP) is 1.26. The van der Waals surface area contributed by atoms with Crippen LogP contribution < -0.4 is 16.2 Å². The zero-order chi connectivity index (χ0) is 8.97. The maximum atomic E-state index is 5.69. The van der Waals surface area contributed by atoms with E-state index in [2.05, 4.69) is 0 Å². The van der Waals surface area contributed by atoms with E-state index in [0.29, 0.717) is 29.6 Å². The lowest BCUT2D eigenvalue weighted by Crippen LogP contribution is -2.11. The first-order valence-corrected chi connectivity index (χ1v) is 3.99. The van der Waals surface area contributed by atoms with Crippen molar-refractivity contribution in [3.63, 3.8) is 0 Å². The molecule has 0 saturated carbocycles. The molecule has 0 atom stereocenters. The summed E-state index contributed by atoms with van der Waals surface area (Å²) in [7, 11) is 0. The number of ether oxygens (including phenoxy) is 1. The average molecular weight is 187 g/mol. The first kappa shape index (κ1) is 9.16. The minimum Gasteiger partial charge on any atom is -0.490 e. The van der Waals surface area contributed by atoms with Crippen LogP contribution in [0.4, 0.5) is 5.69 Å². The molecule has 0 spiro atoms. The predicted molar refractivity (Wildman–Crippen MR) is 50.4 cm³/mol. The molecule has 3 nitrogen and oxygen atoms in total. The zero-order valence-corrected chi connectivity index (χ0v) is 7.34. The van der Waals surface area contributed by atoms with Crippen LogP contribution >= 0.6 is 11.6 Å². The van der Waals surface area contributed by atoms with Crippen molar-refractivity contribution in [2.75, 3.05) is 18.9 Å². The van der Waals surface area contributed by atoms with Crippen LogP contribution in [0.25, 0.3) is 0 Å². The highest BCUT2D eigenvalue weighted by molar-refractivity contribution is 6.30. The highest BCUT2D eigenvalue weighted by atomic mass is 35.5. The van der Waals surface area contributed by atoms with E-state index >= 15 is 0 Å². The summed E-state index contributed by atoms with van der Waals surface area (Å²) in [6, 6.07) is 5.10. The Morgan fingerprint density at radius 1 is 1.42 bits per heavy atom. The van der Waals surface area contributed by atoms with Gasteiger partial charge in [-0.2, -0.15) is 0 Å². The Balaban J connectivity index is 2.72. The van der Waals surface area contributed by atoms with Gasteiger partial charge < -0.3 is 16.2 Å². The minimum absolute atomic E-state index is 0.464. The molecule has 0 radical (unpaired) electrons. The summed E-state index contributed by atoms with van der Waals surface area (Å²) in [6.07, 6.45) is 0. The molecule has 1 rings (SSSR count). The Bertz CT molecular complexity index is 265. The summed E-state index contributed by atoms with van der Waals surface area (Å²) in [6.45, 7) is 0.938. The summed E-state index contributed by atoms with van der Waals surface area (Å²) in [5.74, 6) is 0.629. The fraction of sp³-hybridized carbons (Fsp3) is 0.250. The number of anilines is 1. The van der Waals surface area contributed by atoms with Crippen molar-refractivity contribution < 1.29 is 4.74 Å². The number of hydrogen-bond acceptors (Lipinski definition) is 3. The van der Waals surface area contributed by atoms with Crippen LogP contribution in [-0.2, 0) is 0 Å². The molecule has 0 heterocycles. The molecule has 0 fully saturated rings. The zero-order valence-electron chi connectivity index (χ0n) is 6.59. The van der Waals surface area contributed by atoms with Gasteiger partial charge >= 0.3 is 0 Å². The van der Waals surface area contributed by atoms with Gasteiger partial charge in [0.15, 0.2) is 0 Å². The van der Waals surface area contributed by atoms with Crippen LogP contribution in [0.1, 0.15) is 0 Å². The molecular weight excluding hydrogens is 176 g/mol. The number of benzene rings is 1. The Kier molecular flexibility index (Phi) is 3.19. The summed E-state index contributed by atoms with van der Waals surface area (Å²) in [5, 5.41) is 0.604. The Labute approximate surface area is 76.3 Å². The van der Waals surface area contributed by atoms with E-state index in [0.717, 1.165) is 0 Å². The molecule has 0 aliphatic rings. The lowest BCUT2D eigenvalue weighted by molar-refractivity contribution is 0.330. The van der Waals surface area contributed by atoms with E-state index in [1.165, 1.54) is 0 Å². The molecule has 0 amide bonds. The summed E-state index contributed by atoms with van der Waals surface area (Å²) >= 11 is 5.69. The molecule has 4 heteroatoms. The standard InChI is InChI=1S/C8H11ClN2O/c9-6-1-2-8(7(11)5-6)12-4-3-10/h1-2,5H,3-4,10-11H2. The van der Waals surface area contributed by atoms with Gasteiger partial charge in [-0.05, 0) is 18.2 Å². The molecule has 0 unspecified atom stereocenters. The third-order valence-corrected chi connectivity index (χ3v) is 1.58. The summed E-state index contributed by atoms with van der Waals surface area (Å²) in [4.78, 5) is 0. The maximum Gasteiger partial charge on any atom is 0.142 e. The van der Waals surface area contributed by atoms with Gasteiger partial charge in [0.2, 0.25) is 0 Å². The maximum absolute atomic E-state index is 5.69. The van der Waals surface area contributed by atoms with Crippen LogP contribution in [0.3, 0.4) is 0 Å². The fourth-order valence-corrected chi connectivity index (χ4v) is 1.00. The van der Waals surface area contributed by atoms with Gasteiger partial charge in [0.1, 0.15) is 12.4 Å². The SMILES string of the molecule is NCCOc1ccc(Cl)cc1N. The topological polar surface area (TPSA) is 61.3 Å². The summed E-state index contributed by atoms with van der Waals surface area (Å²) in [5.41, 5.74) is 11.4. The third kappa shape index (κ3) is 2.29. The second kappa shape index (κ2) is 4.18. The van der Waals surface area contributed by atoms with Crippen molar-refractivity contribution >= 4 is 17.3 Å².